The number of carbonyl (C=O) groups is 2. The highest BCUT2D eigenvalue weighted by atomic mass is 16.3. The van der Waals surface area contributed by atoms with E-state index in [1.165, 1.54) is 0 Å². The molecule has 1 fully saturated rings. The van der Waals surface area contributed by atoms with Crippen molar-refractivity contribution in [1.82, 2.24) is 19.6 Å². The number of fused-ring (bicyclic) bond motifs is 1. The van der Waals surface area contributed by atoms with E-state index in [-0.39, 0.29) is 30.7 Å². The Balaban J connectivity index is 1.84. The van der Waals surface area contributed by atoms with Crippen LogP contribution in [0.1, 0.15) is 28.2 Å². The van der Waals surface area contributed by atoms with Crippen LogP contribution in [-0.2, 0) is 4.79 Å². The van der Waals surface area contributed by atoms with Crippen LogP contribution in [0.5, 0.6) is 0 Å². The molecule has 7 nitrogen and oxygen atoms in total. The molecule has 1 aliphatic heterocycles. The van der Waals surface area contributed by atoms with E-state index in [0.717, 1.165) is 11.4 Å². The minimum absolute atomic E-state index is 0.129. The molecule has 0 bridgehead atoms. The van der Waals surface area contributed by atoms with Gasteiger partial charge in [0.15, 0.2) is 0 Å². The van der Waals surface area contributed by atoms with Crippen LogP contribution >= 0.6 is 0 Å². The number of likely N-dealkylation sites (tertiary alicyclic amines) is 1. The zero-order valence-corrected chi connectivity index (χ0v) is 14.1. The number of aliphatic hydroxyl groups excluding tert-OH is 1. The highest BCUT2D eigenvalue weighted by Crippen LogP contribution is 2.24. The Kier molecular flexibility index (Phi) is 4.28. The van der Waals surface area contributed by atoms with Crippen molar-refractivity contribution in [3.63, 3.8) is 0 Å². The van der Waals surface area contributed by atoms with Crippen molar-refractivity contribution < 1.29 is 14.7 Å². The molecule has 1 saturated heterocycles. The summed E-state index contributed by atoms with van der Waals surface area (Å²) in [6.45, 7) is 4.47. The van der Waals surface area contributed by atoms with E-state index in [1.54, 1.807) is 18.0 Å². The molecule has 128 valence electrons. The first-order valence-electron chi connectivity index (χ1n) is 8.04. The molecule has 0 unspecified atom stereocenters. The molecule has 2 atom stereocenters. The predicted octanol–water partition coefficient (Wildman–Crippen LogP) is 0.520. The molecular formula is C17H22N4O3. The zero-order valence-electron chi connectivity index (χ0n) is 14.1. The zero-order chi connectivity index (χ0) is 17.4. The van der Waals surface area contributed by atoms with Gasteiger partial charge >= 0.3 is 0 Å². The molecule has 0 radical (unpaired) electrons. The number of carbonyl (C=O) groups excluding carboxylic acids is 2. The van der Waals surface area contributed by atoms with Crippen molar-refractivity contribution in [3.8, 4) is 0 Å². The quantitative estimate of drug-likeness (QED) is 0.859. The topological polar surface area (TPSA) is 86.9 Å². The Hall–Kier alpha value is -2.41. The van der Waals surface area contributed by atoms with Crippen LogP contribution in [0.2, 0.25) is 0 Å². The number of amides is 2. The van der Waals surface area contributed by atoms with Crippen LogP contribution < -0.4 is 5.32 Å². The SMILES string of the molecule is CNC(=O)C[C@@H]1CN(C(=O)c2ccn3c(C)cc(C)nc23)C[C@H]1O. The van der Waals surface area contributed by atoms with Crippen molar-refractivity contribution in [2.75, 3.05) is 20.1 Å². The van der Waals surface area contributed by atoms with Gasteiger partial charge in [-0.25, -0.2) is 4.98 Å². The second kappa shape index (κ2) is 6.24. The first kappa shape index (κ1) is 16.4. The number of nitrogens with zero attached hydrogens (tertiary/aromatic N) is 3. The summed E-state index contributed by atoms with van der Waals surface area (Å²) in [5.74, 6) is -0.525. The van der Waals surface area contributed by atoms with Crippen LogP contribution in [0.25, 0.3) is 5.65 Å². The molecule has 7 heteroatoms. The van der Waals surface area contributed by atoms with Crippen molar-refractivity contribution in [2.45, 2.75) is 26.4 Å². The van der Waals surface area contributed by atoms with Gasteiger partial charge in [-0.2, -0.15) is 0 Å². The summed E-state index contributed by atoms with van der Waals surface area (Å²) in [6.07, 6.45) is 1.37. The second-order valence-corrected chi connectivity index (χ2v) is 6.38. The predicted molar refractivity (Wildman–Crippen MR) is 88.8 cm³/mol. The van der Waals surface area contributed by atoms with Gasteiger partial charge in [0.2, 0.25) is 5.91 Å². The summed E-state index contributed by atoms with van der Waals surface area (Å²) in [4.78, 5) is 30.5. The maximum atomic E-state index is 12.9. The van der Waals surface area contributed by atoms with Crippen LogP contribution in [-0.4, -0.2) is 57.4 Å². The number of aryl methyl sites for hydroxylation is 2. The Labute approximate surface area is 140 Å². The molecule has 3 rings (SSSR count). The van der Waals surface area contributed by atoms with Gasteiger partial charge in [-0.05, 0) is 26.0 Å². The molecule has 2 aromatic rings. The molecule has 2 aromatic heterocycles. The van der Waals surface area contributed by atoms with E-state index < -0.39 is 6.10 Å². The summed E-state index contributed by atoms with van der Waals surface area (Å²) in [6, 6.07) is 3.72. The number of aliphatic hydroxyl groups is 1. The van der Waals surface area contributed by atoms with Crippen molar-refractivity contribution in [2.24, 2.45) is 5.92 Å². The van der Waals surface area contributed by atoms with Crippen LogP contribution in [0.15, 0.2) is 18.3 Å². The fourth-order valence-electron chi connectivity index (χ4n) is 3.29. The lowest BCUT2D eigenvalue weighted by atomic mass is 10.0. The molecule has 0 aliphatic carbocycles. The molecule has 0 saturated carbocycles. The number of rotatable bonds is 3. The van der Waals surface area contributed by atoms with E-state index in [9.17, 15) is 14.7 Å². The Morgan fingerprint density at radius 3 is 2.83 bits per heavy atom. The van der Waals surface area contributed by atoms with E-state index in [0.29, 0.717) is 17.8 Å². The van der Waals surface area contributed by atoms with Gasteiger partial charge in [-0.1, -0.05) is 0 Å². The number of hydrogen-bond acceptors (Lipinski definition) is 4. The molecule has 3 heterocycles. The summed E-state index contributed by atoms with van der Waals surface area (Å²) in [5, 5.41) is 12.7. The van der Waals surface area contributed by atoms with Gasteiger partial charge in [-0.3, -0.25) is 9.59 Å². The van der Waals surface area contributed by atoms with Crippen molar-refractivity contribution in [1.29, 1.82) is 0 Å². The summed E-state index contributed by atoms with van der Waals surface area (Å²) >= 11 is 0. The number of hydrogen-bond donors (Lipinski definition) is 2. The maximum absolute atomic E-state index is 12.9. The average molecular weight is 330 g/mol. The minimum Gasteiger partial charge on any atom is -0.391 e. The first-order valence-corrected chi connectivity index (χ1v) is 8.04. The Bertz CT molecular complexity index is 798. The van der Waals surface area contributed by atoms with E-state index in [1.807, 2.05) is 30.5 Å². The van der Waals surface area contributed by atoms with E-state index in [4.69, 9.17) is 0 Å². The summed E-state index contributed by atoms with van der Waals surface area (Å²) in [5.41, 5.74) is 3.01. The van der Waals surface area contributed by atoms with Crippen molar-refractivity contribution in [3.05, 3.63) is 35.3 Å². The minimum atomic E-state index is -0.684. The van der Waals surface area contributed by atoms with E-state index >= 15 is 0 Å². The first-order chi connectivity index (χ1) is 11.4. The van der Waals surface area contributed by atoms with Gasteiger partial charge in [0.05, 0.1) is 11.7 Å². The normalized spacial score (nSPS) is 20.6. The van der Waals surface area contributed by atoms with Gasteiger partial charge in [0.25, 0.3) is 5.91 Å². The highest BCUT2D eigenvalue weighted by molar-refractivity contribution is 6.00. The average Bonchev–Trinajstić information content (AvgIpc) is 3.11. The molecule has 2 N–H and O–H groups in total. The third-order valence-corrected chi connectivity index (χ3v) is 4.59. The second-order valence-electron chi connectivity index (χ2n) is 6.38. The lowest BCUT2D eigenvalue weighted by Gasteiger charge is -2.15. The van der Waals surface area contributed by atoms with Crippen LogP contribution in [0.3, 0.4) is 0 Å². The van der Waals surface area contributed by atoms with Gasteiger partial charge in [0.1, 0.15) is 5.65 Å². The summed E-state index contributed by atoms with van der Waals surface area (Å²) in [7, 11) is 1.57. The lowest BCUT2D eigenvalue weighted by Crippen LogP contribution is -2.30. The molecule has 2 amide bonds. The van der Waals surface area contributed by atoms with Crippen LogP contribution in [0.4, 0.5) is 0 Å². The fraction of sp³-hybridized carbons (Fsp3) is 0.471. The van der Waals surface area contributed by atoms with Gasteiger partial charge < -0.3 is 19.7 Å². The maximum Gasteiger partial charge on any atom is 0.257 e. The number of aromatic nitrogens is 2. The monoisotopic (exact) mass is 330 g/mol. The van der Waals surface area contributed by atoms with Gasteiger partial charge in [0, 0.05) is 50.1 Å². The Morgan fingerprint density at radius 1 is 1.38 bits per heavy atom. The third kappa shape index (κ3) is 2.87. The number of nitrogens with one attached hydrogen (secondary N) is 1. The van der Waals surface area contributed by atoms with E-state index in [2.05, 4.69) is 10.3 Å². The number of β-amino-alcohol motifs (C(OH)–C–C–N with tert-alkyl or cyclic N) is 1. The molecule has 24 heavy (non-hydrogen) atoms. The fourth-order valence-corrected chi connectivity index (χ4v) is 3.29. The standard InChI is InChI=1S/C17H22N4O3/c1-10-6-11(2)21-5-4-13(16(21)19-10)17(24)20-8-12(14(22)9-20)7-15(23)18-3/h4-6,12,14,22H,7-9H2,1-3H3,(H,18,23)/t12-,14-/m1/s1. The largest absolute Gasteiger partial charge is 0.391 e. The smallest absolute Gasteiger partial charge is 0.257 e. The molecule has 0 aromatic carbocycles. The molecule has 0 spiro atoms. The molecule has 1 aliphatic rings. The third-order valence-electron chi connectivity index (χ3n) is 4.59. The summed E-state index contributed by atoms with van der Waals surface area (Å²) < 4.78 is 1.88. The Morgan fingerprint density at radius 2 is 2.12 bits per heavy atom. The lowest BCUT2D eigenvalue weighted by molar-refractivity contribution is -0.122. The van der Waals surface area contributed by atoms with Crippen LogP contribution in [0, 0.1) is 19.8 Å². The highest BCUT2D eigenvalue weighted by Gasteiger charge is 2.36. The van der Waals surface area contributed by atoms with Gasteiger partial charge in [-0.15, -0.1) is 0 Å². The van der Waals surface area contributed by atoms with Crippen molar-refractivity contribution >= 4 is 17.5 Å². The molecular weight excluding hydrogens is 308 g/mol.